The average Bonchev–Trinajstić information content (AvgIpc) is 2.12. The predicted octanol–water partition coefficient (Wildman–Crippen LogP) is 1.88. The molecule has 0 atom stereocenters. The average molecular weight is 214 g/mol. The van der Waals surface area contributed by atoms with E-state index >= 15 is 0 Å². The van der Waals surface area contributed by atoms with Crippen LogP contribution in [0.25, 0.3) is 0 Å². The van der Waals surface area contributed by atoms with E-state index < -0.39 is 0 Å². The predicted molar refractivity (Wildman–Crippen MR) is 63.5 cm³/mol. The molecule has 2 nitrogen and oxygen atoms in total. The lowest BCUT2D eigenvalue weighted by Crippen LogP contribution is -2.30. The Labute approximate surface area is 89.5 Å². The molecule has 0 unspecified atom stereocenters. The highest BCUT2D eigenvalue weighted by molar-refractivity contribution is 6.39. The summed E-state index contributed by atoms with van der Waals surface area (Å²) >= 11 is 0. The molecular weight excluding hydrogens is 192 g/mol. The van der Waals surface area contributed by atoms with Gasteiger partial charge in [0.15, 0.2) is 5.78 Å². The Morgan fingerprint density at radius 2 is 2.07 bits per heavy atom. The molecule has 0 aromatic rings. The molecular formula is C11H22O2Si. The summed E-state index contributed by atoms with van der Waals surface area (Å²) in [7, 11) is 1.52. The second-order valence-corrected chi connectivity index (χ2v) is 7.28. The van der Waals surface area contributed by atoms with Crippen molar-refractivity contribution in [1.82, 2.24) is 0 Å². The van der Waals surface area contributed by atoms with Crippen LogP contribution in [0.4, 0.5) is 0 Å². The van der Waals surface area contributed by atoms with E-state index in [-0.39, 0.29) is 20.5 Å². The van der Waals surface area contributed by atoms with E-state index in [0.717, 1.165) is 6.42 Å². The first-order chi connectivity index (χ1) is 6.39. The minimum atomic E-state index is -0.232. The largest absolute Gasteiger partial charge is 0.383 e. The fraction of sp³-hybridized carbons (Fsp3) is 0.727. The van der Waals surface area contributed by atoms with Gasteiger partial charge >= 0.3 is 0 Å². The SMILES string of the molecule is C=C(C)C(=O)CCC[SiH2]C(C)(C)OC. The van der Waals surface area contributed by atoms with Crippen LogP contribution in [0.2, 0.25) is 6.04 Å². The number of Topliss-reactive ketones (excluding diaryl/α,β-unsaturated/α-hetero) is 1. The monoisotopic (exact) mass is 214 g/mol. The van der Waals surface area contributed by atoms with Gasteiger partial charge < -0.3 is 4.74 Å². The zero-order valence-corrected chi connectivity index (χ0v) is 11.3. The van der Waals surface area contributed by atoms with Crippen LogP contribution in [0.1, 0.15) is 33.6 Å². The van der Waals surface area contributed by atoms with Gasteiger partial charge in [-0.25, -0.2) is 0 Å². The van der Waals surface area contributed by atoms with Crippen molar-refractivity contribution in [3.05, 3.63) is 12.2 Å². The lowest BCUT2D eigenvalue weighted by atomic mass is 10.1. The normalized spacial score (nSPS) is 12.3. The van der Waals surface area contributed by atoms with Crippen molar-refractivity contribution >= 4 is 15.3 Å². The van der Waals surface area contributed by atoms with Gasteiger partial charge in [-0.05, 0) is 32.8 Å². The van der Waals surface area contributed by atoms with Crippen molar-refractivity contribution in [2.24, 2.45) is 0 Å². The molecule has 0 bridgehead atoms. The third-order valence-electron chi connectivity index (χ3n) is 2.46. The van der Waals surface area contributed by atoms with Crippen LogP contribution in [0.3, 0.4) is 0 Å². The number of carbonyl (C=O) groups excluding carboxylic acids is 1. The molecule has 0 aromatic heterocycles. The number of ketones is 1. The third kappa shape index (κ3) is 6.10. The van der Waals surface area contributed by atoms with E-state index in [2.05, 4.69) is 20.4 Å². The van der Waals surface area contributed by atoms with Gasteiger partial charge in [-0.2, -0.15) is 0 Å². The Morgan fingerprint density at radius 1 is 1.50 bits per heavy atom. The number of methoxy groups -OCH3 is 1. The molecule has 82 valence electrons. The molecule has 0 heterocycles. The molecule has 0 amide bonds. The molecule has 0 spiro atoms. The topological polar surface area (TPSA) is 26.3 Å². The van der Waals surface area contributed by atoms with Crippen molar-refractivity contribution in [2.45, 2.75) is 44.9 Å². The zero-order valence-electron chi connectivity index (χ0n) is 9.85. The Morgan fingerprint density at radius 3 is 2.50 bits per heavy atom. The standard InChI is InChI=1S/C11H22O2Si/c1-9(2)10(12)7-6-8-14-11(3,4)13-5/h1,6-8,14H2,2-5H3. The van der Waals surface area contributed by atoms with Gasteiger partial charge in [0.2, 0.25) is 0 Å². The molecule has 0 saturated heterocycles. The number of carbonyl (C=O) groups is 1. The van der Waals surface area contributed by atoms with Gasteiger partial charge in [0.1, 0.15) is 0 Å². The molecule has 0 saturated carbocycles. The minimum Gasteiger partial charge on any atom is -0.383 e. The van der Waals surface area contributed by atoms with Crippen LogP contribution in [0.15, 0.2) is 12.2 Å². The molecule has 0 aliphatic carbocycles. The number of rotatable bonds is 7. The van der Waals surface area contributed by atoms with Crippen LogP contribution >= 0.6 is 0 Å². The molecule has 14 heavy (non-hydrogen) atoms. The molecule has 0 aromatic carbocycles. The highest BCUT2D eigenvalue weighted by Crippen LogP contribution is 2.10. The molecule has 0 rings (SSSR count). The van der Waals surface area contributed by atoms with Crippen LogP contribution in [-0.4, -0.2) is 27.6 Å². The summed E-state index contributed by atoms with van der Waals surface area (Å²) < 4.78 is 5.35. The molecule has 0 fully saturated rings. The Hall–Kier alpha value is -0.413. The zero-order chi connectivity index (χ0) is 11.2. The Balaban J connectivity index is 3.57. The van der Waals surface area contributed by atoms with Gasteiger partial charge in [-0.15, -0.1) is 0 Å². The van der Waals surface area contributed by atoms with Crippen LogP contribution in [0.5, 0.6) is 0 Å². The number of hydrogen-bond acceptors (Lipinski definition) is 2. The van der Waals surface area contributed by atoms with Gasteiger partial charge in [-0.3, -0.25) is 4.79 Å². The van der Waals surface area contributed by atoms with Crippen LogP contribution in [-0.2, 0) is 9.53 Å². The van der Waals surface area contributed by atoms with Gasteiger partial charge in [0.05, 0.1) is 9.52 Å². The second kappa shape index (κ2) is 6.14. The van der Waals surface area contributed by atoms with Gasteiger partial charge in [-0.1, -0.05) is 12.6 Å². The van der Waals surface area contributed by atoms with Crippen molar-refractivity contribution in [2.75, 3.05) is 7.11 Å². The first-order valence-corrected chi connectivity index (χ1v) is 6.83. The van der Waals surface area contributed by atoms with Crippen LogP contribution in [0, 0.1) is 0 Å². The number of ether oxygens (including phenoxy) is 1. The maximum absolute atomic E-state index is 11.2. The maximum Gasteiger partial charge on any atom is 0.157 e. The number of hydrogen-bond donors (Lipinski definition) is 0. The highest BCUT2D eigenvalue weighted by atomic mass is 28.2. The molecule has 0 aliphatic rings. The summed E-state index contributed by atoms with van der Waals surface area (Å²) in [5.41, 5.74) is 0.678. The number of allylic oxidation sites excluding steroid dienone is 1. The van der Waals surface area contributed by atoms with E-state index in [4.69, 9.17) is 4.74 Å². The van der Waals surface area contributed by atoms with E-state index in [1.807, 2.05) is 0 Å². The van der Waals surface area contributed by atoms with E-state index in [0.29, 0.717) is 12.0 Å². The Kier molecular flexibility index (Phi) is 5.96. The van der Waals surface area contributed by atoms with Crippen molar-refractivity contribution in [3.8, 4) is 0 Å². The summed E-state index contributed by atoms with van der Waals surface area (Å²) in [5, 5.41) is 0.0757. The van der Waals surface area contributed by atoms with Gasteiger partial charge in [0.25, 0.3) is 0 Å². The molecule has 0 N–H and O–H groups in total. The van der Waals surface area contributed by atoms with Crippen molar-refractivity contribution < 1.29 is 9.53 Å². The quantitative estimate of drug-likeness (QED) is 0.367. The fourth-order valence-corrected chi connectivity index (χ4v) is 2.71. The minimum absolute atomic E-state index is 0.0757. The highest BCUT2D eigenvalue weighted by Gasteiger charge is 2.16. The van der Waals surface area contributed by atoms with Crippen molar-refractivity contribution in [3.63, 3.8) is 0 Å². The molecule has 3 heteroatoms. The molecule has 0 aliphatic heterocycles. The summed E-state index contributed by atoms with van der Waals surface area (Å²) in [6.45, 7) is 9.66. The maximum atomic E-state index is 11.2. The van der Waals surface area contributed by atoms with Crippen LogP contribution < -0.4 is 0 Å². The summed E-state index contributed by atoms with van der Waals surface area (Å²) in [6.07, 6.45) is 1.65. The van der Waals surface area contributed by atoms with E-state index in [1.54, 1.807) is 14.0 Å². The third-order valence-corrected chi connectivity index (χ3v) is 4.81. The van der Waals surface area contributed by atoms with E-state index in [9.17, 15) is 4.79 Å². The molecule has 0 radical (unpaired) electrons. The van der Waals surface area contributed by atoms with Crippen molar-refractivity contribution in [1.29, 1.82) is 0 Å². The summed E-state index contributed by atoms with van der Waals surface area (Å²) in [5.74, 6) is 0.203. The summed E-state index contributed by atoms with van der Waals surface area (Å²) in [6, 6.07) is 1.17. The first-order valence-electron chi connectivity index (χ1n) is 5.13. The second-order valence-electron chi connectivity index (χ2n) is 4.37. The lowest BCUT2D eigenvalue weighted by Gasteiger charge is -2.21. The lowest BCUT2D eigenvalue weighted by molar-refractivity contribution is -0.115. The fourth-order valence-electron chi connectivity index (χ4n) is 1.15. The van der Waals surface area contributed by atoms with Gasteiger partial charge in [0, 0.05) is 18.8 Å². The first kappa shape index (κ1) is 13.6. The van der Waals surface area contributed by atoms with E-state index in [1.165, 1.54) is 6.04 Å². The smallest absolute Gasteiger partial charge is 0.157 e. The Bertz CT molecular complexity index is 209. The summed E-state index contributed by atoms with van der Waals surface area (Å²) in [4.78, 5) is 11.2.